The van der Waals surface area contributed by atoms with Gasteiger partial charge in [0.25, 0.3) is 0 Å². The maximum atomic E-state index is 3.21. The molecule has 0 aliphatic heterocycles. The van der Waals surface area contributed by atoms with E-state index in [0.29, 0.717) is 11.8 Å². The van der Waals surface area contributed by atoms with Gasteiger partial charge >= 0.3 is 0 Å². The van der Waals surface area contributed by atoms with Crippen LogP contribution in [-0.2, 0) is 0 Å². The number of aromatic nitrogens is 2. The van der Waals surface area contributed by atoms with Crippen LogP contribution in [0.3, 0.4) is 0 Å². The molecule has 0 saturated heterocycles. The van der Waals surface area contributed by atoms with Crippen LogP contribution in [0, 0.1) is 0 Å². The van der Waals surface area contributed by atoms with Gasteiger partial charge in [-0.15, -0.1) is 0 Å². The van der Waals surface area contributed by atoms with Crippen LogP contribution in [0.25, 0.3) is 21.8 Å². The zero-order valence-corrected chi connectivity index (χ0v) is 16.9. The van der Waals surface area contributed by atoms with Crippen LogP contribution in [0.2, 0.25) is 0 Å². The summed E-state index contributed by atoms with van der Waals surface area (Å²) in [5, 5.41) is 2.66. The molecule has 138 valence electrons. The lowest BCUT2D eigenvalue weighted by atomic mass is 10.00. The summed E-state index contributed by atoms with van der Waals surface area (Å²) >= 11 is 0. The predicted octanol–water partition coefficient (Wildman–Crippen LogP) is 7.61. The lowest BCUT2D eigenvalue weighted by molar-refractivity contribution is 0.869. The Morgan fingerprint density at radius 1 is 0.692 bits per heavy atom. The quantitative estimate of drug-likeness (QED) is 0.373. The molecule has 2 heterocycles. The SMILES string of the molecule is CC.CC(C)c1ccc2[nH]ccc2c1.CC(C)c1cccc2[nH]ccc12. The first-order valence-corrected chi connectivity index (χ1v) is 9.69. The van der Waals surface area contributed by atoms with E-state index >= 15 is 0 Å². The molecule has 2 nitrogen and oxygen atoms in total. The minimum atomic E-state index is 0.601. The molecule has 4 aromatic rings. The van der Waals surface area contributed by atoms with E-state index in [9.17, 15) is 0 Å². The molecule has 0 amide bonds. The Hall–Kier alpha value is -2.48. The smallest absolute Gasteiger partial charge is 0.0456 e. The van der Waals surface area contributed by atoms with E-state index in [1.54, 1.807) is 0 Å². The normalized spacial score (nSPS) is 10.6. The number of H-pyrrole nitrogens is 2. The average molecular weight is 349 g/mol. The highest BCUT2D eigenvalue weighted by Crippen LogP contribution is 2.24. The molecule has 0 fully saturated rings. The van der Waals surface area contributed by atoms with Gasteiger partial charge in [0.1, 0.15) is 0 Å². The van der Waals surface area contributed by atoms with Gasteiger partial charge in [0, 0.05) is 28.8 Å². The Bertz CT molecular complexity index is 925. The molecule has 2 heteroatoms. The molecule has 4 rings (SSSR count). The number of hydrogen-bond donors (Lipinski definition) is 2. The molecule has 0 spiro atoms. The molecule has 2 aromatic heterocycles. The van der Waals surface area contributed by atoms with Gasteiger partial charge in [-0.25, -0.2) is 0 Å². The highest BCUT2D eigenvalue weighted by Gasteiger charge is 2.04. The van der Waals surface area contributed by atoms with Crippen molar-refractivity contribution in [3.8, 4) is 0 Å². The van der Waals surface area contributed by atoms with Crippen molar-refractivity contribution in [2.45, 2.75) is 53.4 Å². The van der Waals surface area contributed by atoms with E-state index in [1.165, 1.54) is 32.9 Å². The predicted molar refractivity (Wildman–Crippen MR) is 116 cm³/mol. The molecular formula is C24H32N2. The fraction of sp³-hybridized carbons (Fsp3) is 0.333. The highest BCUT2D eigenvalue weighted by molar-refractivity contribution is 5.83. The van der Waals surface area contributed by atoms with Gasteiger partial charge in [-0.05, 0) is 58.7 Å². The Kier molecular flexibility index (Phi) is 7.08. The van der Waals surface area contributed by atoms with Crippen LogP contribution < -0.4 is 0 Å². The Morgan fingerprint density at radius 3 is 2.08 bits per heavy atom. The molecule has 0 bridgehead atoms. The minimum absolute atomic E-state index is 0.601. The second kappa shape index (κ2) is 9.28. The molecule has 2 N–H and O–H groups in total. The van der Waals surface area contributed by atoms with Crippen molar-refractivity contribution in [2.24, 2.45) is 0 Å². The van der Waals surface area contributed by atoms with Crippen LogP contribution in [0.15, 0.2) is 60.9 Å². The second-order valence-electron chi connectivity index (χ2n) is 6.92. The summed E-state index contributed by atoms with van der Waals surface area (Å²) in [4.78, 5) is 6.40. The van der Waals surface area contributed by atoms with Crippen molar-refractivity contribution < 1.29 is 0 Å². The summed E-state index contributed by atoms with van der Waals surface area (Å²) in [5.41, 5.74) is 5.29. The molecule has 0 saturated carbocycles. The van der Waals surface area contributed by atoms with Crippen LogP contribution in [0.1, 0.15) is 64.5 Å². The summed E-state index contributed by atoms with van der Waals surface area (Å²) < 4.78 is 0. The first-order valence-electron chi connectivity index (χ1n) is 9.69. The summed E-state index contributed by atoms with van der Waals surface area (Å²) in [7, 11) is 0. The number of aromatic amines is 2. The van der Waals surface area contributed by atoms with Crippen molar-refractivity contribution in [2.75, 3.05) is 0 Å². The number of rotatable bonds is 2. The standard InChI is InChI=1S/2C11H13N.C2H6/c1-8(2)9-3-4-11-10(7-9)5-6-12-11;1-8(2)9-4-3-5-11-10(9)6-7-12-11;1-2/h2*3-8,12H,1-2H3;1-2H3. The third-order valence-electron chi connectivity index (χ3n) is 4.49. The Morgan fingerprint density at radius 2 is 1.38 bits per heavy atom. The molecule has 0 aliphatic carbocycles. The van der Waals surface area contributed by atoms with Gasteiger partial charge in [0.2, 0.25) is 0 Å². The number of nitrogens with one attached hydrogen (secondary N) is 2. The minimum Gasteiger partial charge on any atom is -0.361 e. The summed E-state index contributed by atoms with van der Waals surface area (Å²) in [5.74, 6) is 1.22. The molecular weight excluding hydrogens is 316 g/mol. The number of benzene rings is 2. The molecule has 0 atom stereocenters. The number of fused-ring (bicyclic) bond motifs is 2. The summed E-state index contributed by atoms with van der Waals surface area (Å²) in [6.07, 6.45) is 3.98. The fourth-order valence-corrected chi connectivity index (χ4v) is 3.04. The zero-order chi connectivity index (χ0) is 19.1. The Balaban J connectivity index is 0.000000171. The van der Waals surface area contributed by atoms with Gasteiger partial charge in [0.05, 0.1) is 0 Å². The first-order chi connectivity index (χ1) is 12.6. The van der Waals surface area contributed by atoms with E-state index in [1.807, 2.05) is 26.2 Å². The van der Waals surface area contributed by atoms with Crippen LogP contribution >= 0.6 is 0 Å². The number of hydrogen-bond acceptors (Lipinski definition) is 0. The fourth-order valence-electron chi connectivity index (χ4n) is 3.04. The van der Waals surface area contributed by atoms with Gasteiger partial charge in [-0.3, -0.25) is 0 Å². The first kappa shape index (κ1) is 19.8. The van der Waals surface area contributed by atoms with Crippen LogP contribution in [0.5, 0.6) is 0 Å². The van der Waals surface area contributed by atoms with Crippen molar-refractivity contribution in [3.05, 3.63) is 72.1 Å². The Labute approximate surface area is 157 Å². The van der Waals surface area contributed by atoms with Crippen LogP contribution in [0.4, 0.5) is 0 Å². The van der Waals surface area contributed by atoms with E-state index in [2.05, 4.69) is 86.2 Å². The molecule has 0 radical (unpaired) electrons. The molecule has 2 aromatic carbocycles. The lowest BCUT2D eigenvalue weighted by Crippen LogP contribution is -1.86. The van der Waals surface area contributed by atoms with Crippen molar-refractivity contribution in [3.63, 3.8) is 0 Å². The van der Waals surface area contributed by atoms with Gasteiger partial charge in [0.15, 0.2) is 0 Å². The maximum absolute atomic E-state index is 3.21. The van der Waals surface area contributed by atoms with Gasteiger partial charge < -0.3 is 9.97 Å². The van der Waals surface area contributed by atoms with Gasteiger partial charge in [-0.2, -0.15) is 0 Å². The highest BCUT2D eigenvalue weighted by atomic mass is 14.7. The average Bonchev–Trinajstić information content (AvgIpc) is 3.31. The third kappa shape index (κ3) is 4.57. The van der Waals surface area contributed by atoms with Crippen molar-refractivity contribution >= 4 is 21.8 Å². The van der Waals surface area contributed by atoms with E-state index in [0.717, 1.165) is 0 Å². The van der Waals surface area contributed by atoms with Crippen molar-refractivity contribution in [1.82, 2.24) is 9.97 Å². The molecule has 0 unspecified atom stereocenters. The summed E-state index contributed by atoms with van der Waals surface area (Å²) in [6, 6.07) is 17.2. The third-order valence-corrected chi connectivity index (χ3v) is 4.49. The van der Waals surface area contributed by atoms with Gasteiger partial charge in [-0.1, -0.05) is 59.7 Å². The van der Waals surface area contributed by atoms with E-state index < -0.39 is 0 Å². The van der Waals surface area contributed by atoms with E-state index in [-0.39, 0.29) is 0 Å². The maximum Gasteiger partial charge on any atom is 0.0456 e. The van der Waals surface area contributed by atoms with E-state index in [4.69, 9.17) is 0 Å². The lowest BCUT2D eigenvalue weighted by Gasteiger charge is -2.05. The molecule has 0 aliphatic rings. The monoisotopic (exact) mass is 348 g/mol. The van der Waals surface area contributed by atoms with Crippen LogP contribution in [-0.4, -0.2) is 9.97 Å². The topological polar surface area (TPSA) is 31.6 Å². The second-order valence-corrected chi connectivity index (χ2v) is 6.92. The summed E-state index contributed by atoms with van der Waals surface area (Å²) in [6.45, 7) is 12.9. The molecule has 26 heavy (non-hydrogen) atoms. The largest absolute Gasteiger partial charge is 0.361 e. The van der Waals surface area contributed by atoms with Crippen molar-refractivity contribution in [1.29, 1.82) is 0 Å². The zero-order valence-electron chi connectivity index (χ0n) is 16.9.